The smallest absolute Gasteiger partial charge is 0.326 e. The number of rotatable bonds is 8. The van der Waals surface area contributed by atoms with E-state index < -0.39 is 44.0 Å². The molecular weight excluding hydrogens is 526 g/mol. The van der Waals surface area contributed by atoms with Crippen molar-refractivity contribution < 1.29 is 27.5 Å². The number of amides is 2. The molecule has 0 aliphatic carbocycles. The number of sulfone groups is 1. The molecule has 0 bridgehead atoms. The standard InChI is InChI=1S/C27H31N3O6S2/c1-26(2,3)36-23(31)17-30(5)24(32)27(4,29-21-12-8-11-20(16-21)28-25(33)37)38(34,35)22-14-13-18-9-6-7-10-19(18)15-22/h6-16,29H,17H2,1-5H3,(H2,28,33,37)/t27-/m1/s1. The fourth-order valence-corrected chi connectivity index (χ4v) is 5.65. The highest BCUT2D eigenvalue weighted by atomic mass is 32.2. The minimum absolute atomic E-state index is 0.0787. The summed E-state index contributed by atoms with van der Waals surface area (Å²) in [5.41, 5.74) is -0.192. The number of esters is 1. The SMILES string of the molecule is CN(CC(=O)OC(C)(C)C)C(=O)[C@](C)(Nc1cccc(NC(=O)S)c1)S(=O)(=O)c1ccc2ccccc2c1. The number of nitrogens with zero attached hydrogens (tertiary/aromatic N) is 1. The Labute approximate surface area is 227 Å². The summed E-state index contributed by atoms with van der Waals surface area (Å²) in [5.74, 6) is -1.56. The van der Waals surface area contributed by atoms with Gasteiger partial charge in [0, 0.05) is 18.4 Å². The van der Waals surface area contributed by atoms with Crippen molar-refractivity contribution in [2.45, 2.75) is 43.1 Å². The second kappa shape index (κ2) is 11.0. The molecule has 0 aliphatic rings. The predicted molar refractivity (Wildman–Crippen MR) is 151 cm³/mol. The first-order chi connectivity index (χ1) is 17.6. The summed E-state index contributed by atoms with van der Waals surface area (Å²) < 4.78 is 33.5. The van der Waals surface area contributed by atoms with Crippen molar-refractivity contribution in [3.63, 3.8) is 0 Å². The number of anilines is 2. The van der Waals surface area contributed by atoms with Gasteiger partial charge in [0.1, 0.15) is 12.1 Å². The van der Waals surface area contributed by atoms with Crippen molar-refractivity contribution in [3.05, 3.63) is 66.7 Å². The first kappa shape index (κ1) is 29.0. The molecule has 0 saturated carbocycles. The van der Waals surface area contributed by atoms with E-state index in [2.05, 4.69) is 23.3 Å². The van der Waals surface area contributed by atoms with Gasteiger partial charge in [0.25, 0.3) is 11.1 Å². The van der Waals surface area contributed by atoms with Crippen molar-refractivity contribution in [1.29, 1.82) is 0 Å². The molecule has 38 heavy (non-hydrogen) atoms. The number of carbonyl (C=O) groups excluding carboxylic acids is 3. The van der Waals surface area contributed by atoms with Crippen LogP contribution < -0.4 is 10.6 Å². The highest BCUT2D eigenvalue weighted by molar-refractivity contribution is 7.96. The molecule has 3 rings (SSSR count). The Bertz CT molecular complexity index is 1480. The molecule has 1 atom stereocenters. The fourth-order valence-electron chi connectivity index (χ4n) is 3.88. The second-order valence-electron chi connectivity index (χ2n) is 9.93. The van der Waals surface area contributed by atoms with Crippen LogP contribution in [0.15, 0.2) is 71.6 Å². The lowest BCUT2D eigenvalue weighted by atomic mass is 10.1. The van der Waals surface area contributed by atoms with Gasteiger partial charge >= 0.3 is 5.97 Å². The quantitative estimate of drug-likeness (QED) is 0.271. The summed E-state index contributed by atoms with van der Waals surface area (Å²) in [6.45, 7) is 5.86. The van der Waals surface area contributed by atoms with Crippen molar-refractivity contribution in [3.8, 4) is 0 Å². The predicted octanol–water partition coefficient (Wildman–Crippen LogP) is 4.70. The van der Waals surface area contributed by atoms with Crippen LogP contribution in [0.3, 0.4) is 0 Å². The van der Waals surface area contributed by atoms with Gasteiger partial charge in [-0.15, -0.1) is 0 Å². The van der Waals surface area contributed by atoms with Gasteiger partial charge < -0.3 is 20.3 Å². The van der Waals surface area contributed by atoms with Crippen LogP contribution in [0.4, 0.5) is 16.2 Å². The molecule has 0 radical (unpaired) electrons. The Hall–Kier alpha value is -3.57. The Morgan fingerprint density at radius 1 is 0.895 bits per heavy atom. The second-order valence-corrected chi connectivity index (χ2v) is 12.6. The van der Waals surface area contributed by atoms with Crippen molar-refractivity contribution >= 4 is 61.7 Å². The number of nitrogens with one attached hydrogen (secondary N) is 2. The van der Waals surface area contributed by atoms with Crippen molar-refractivity contribution in [1.82, 2.24) is 4.90 Å². The Morgan fingerprint density at radius 3 is 2.16 bits per heavy atom. The summed E-state index contributed by atoms with van der Waals surface area (Å²) in [6.07, 6.45) is 0. The topological polar surface area (TPSA) is 122 Å². The van der Waals surface area contributed by atoms with Gasteiger partial charge in [-0.3, -0.25) is 14.4 Å². The average Bonchev–Trinajstić information content (AvgIpc) is 2.81. The average molecular weight is 558 g/mol. The molecular formula is C27H31N3O6S2. The van der Waals surface area contributed by atoms with Gasteiger partial charge in [-0.1, -0.05) is 49.0 Å². The maximum atomic E-state index is 14.1. The molecule has 9 nitrogen and oxygen atoms in total. The molecule has 0 fully saturated rings. The third kappa shape index (κ3) is 6.65. The number of ether oxygens (including phenoxy) is 1. The molecule has 202 valence electrons. The third-order valence-electron chi connectivity index (χ3n) is 5.61. The number of fused-ring (bicyclic) bond motifs is 1. The van der Waals surface area contributed by atoms with Gasteiger partial charge in [0.05, 0.1) is 4.90 Å². The van der Waals surface area contributed by atoms with Crippen LogP contribution in [0.2, 0.25) is 0 Å². The van der Waals surface area contributed by atoms with E-state index in [0.29, 0.717) is 11.1 Å². The summed E-state index contributed by atoms with van der Waals surface area (Å²) in [6, 6.07) is 18.1. The van der Waals surface area contributed by atoms with E-state index in [9.17, 15) is 22.8 Å². The molecule has 3 aromatic carbocycles. The van der Waals surface area contributed by atoms with Crippen LogP contribution in [0, 0.1) is 0 Å². The van der Waals surface area contributed by atoms with Gasteiger partial charge in [0.15, 0.2) is 0 Å². The number of hydrogen-bond donors (Lipinski definition) is 3. The van der Waals surface area contributed by atoms with Crippen LogP contribution in [-0.4, -0.2) is 54.5 Å². The zero-order chi connectivity index (χ0) is 28.3. The Kier molecular flexibility index (Phi) is 8.42. The normalized spacial score (nSPS) is 13.3. The van der Waals surface area contributed by atoms with E-state index in [1.807, 2.05) is 12.1 Å². The number of likely N-dealkylation sites (N-methyl/N-ethyl adjacent to an activating group) is 1. The lowest BCUT2D eigenvalue weighted by Gasteiger charge is -2.34. The summed E-state index contributed by atoms with van der Waals surface area (Å²) >= 11 is 3.70. The maximum Gasteiger partial charge on any atom is 0.326 e. The van der Waals surface area contributed by atoms with Gasteiger partial charge in [-0.05, 0) is 68.8 Å². The van der Waals surface area contributed by atoms with Crippen LogP contribution in [0.1, 0.15) is 27.7 Å². The number of thiol groups is 1. The minimum Gasteiger partial charge on any atom is -0.459 e. The van der Waals surface area contributed by atoms with Crippen LogP contribution >= 0.6 is 12.6 Å². The fraction of sp³-hybridized carbons (Fsp3) is 0.296. The van der Waals surface area contributed by atoms with Gasteiger partial charge in [0.2, 0.25) is 14.7 Å². The summed E-state index contributed by atoms with van der Waals surface area (Å²) in [5, 5.41) is 6.26. The van der Waals surface area contributed by atoms with Crippen molar-refractivity contribution in [2.75, 3.05) is 24.2 Å². The van der Waals surface area contributed by atoms with E-state index in [1.54, 1.807) is 57.2 Å². The Morgan fingerprint density at radius 2 is 1.53 bits per heavy atom. The van der Waals surface area contributed by atoms with Crippen LogP contribution in [-0.2, 0) is 24.2 Å². The molecule has 11 heteroatoms. The first-order valence-electron chi connectivity index (χ1n) is 11.7. The molecule has 0 saturated heterocycles. The number of carbonyl (C=O) groups is 3. The van der Waals surface area contributed by atoms with E-state index in [0.717, 1.165) is 10.3 Å². The highest BCUT2D eigenvalue weighted by Gasteiger charge is 2.49. The molecule has 3 aromatic rings. The monoisotopic (exact) mass is 557 g/mol. The van der Waals surface area contributed by atoms with Gasteiger partial charge in [-0.25, -0.2) is 8.42 Å². The molecule has 2 amide bonds. The van der Waals surface area contributed by atoms with Crippen LogP contribution in [0.25, 0.3) is 10.8 Å². The summed E-state index contributed by atoms with van der Waals surface area (Å²) in [7, 11) is -3.07. The van der Waals surface area contributed by atoms with E-state index in [1.165, 1.54) is 32.2 Å². The maximum absolute atomic E-state index is 14.1. The third-order valence-corrected chi connectivity index (χ3v) is 7.94. The van der Waals surface area contributed by atoms with Crippen LogP contribution in [0.5, 0.6) is 0 Å². The van der Waals surface area contributed by atoms with E-state index in [4.69, 9.17) is 4.74 Å². The van der Waals surface area contributed by atoms with E-state index >= 15 is 0 Å². The lowest BCUT2D eigenvalue weighted by Crippen LogP contribution is -2.57. The van der Waals surface area contributed by atoms with Crippen molar-refractivity contribution in [2.24, 2.45) is 0 Å². The number of hydrogen-bond acceptors (Lipinski definition) is 7. The highest BCUT2D eigenvalue weighted by Crippen LogP contribution is 2.32. The zero-order valence-electron chi connectivity index (χ0n) is 21.8. The molecule has 0 spiro atoms. The molecule has 0 unspecified atom stereocenters. The zero-order valence-corrected chi connectivity index (χ0v) is 23.5. The Balaban J connectivity index is 2.07. The molecule has 2 N–H and O–H groups in total. The van der Waals surface area contributed by atoms with E-state index in [-0.39, 0.29) is 10.6 Å². The number of benzene rings is 3. The largest absolute Gasteiger partial charge is 0.459 e. The summed E-state index contributed by atoms with van der Waals surface area (Å²) in [4.78, 5) is 36.3. The lowest BCUT2D eigenvalue weighted by molar-refractivity contribution is -0.158. The minimum atomic E-state index is -4.40. The van der Waals surface area contributed by atoms with Gasteiger partial charge in [-0.2, -0.15) is 0 Å². The molecule has 0 heterocycles. The first-order valence-corrected chi connectivity index (χ1v) is 13.6. The molecule has 0 aromatic heterocycles. The molecule has 0 aliphatic heterocycles.